The van der Waals surface area contributed by atoms with Gasteiger partial charge in [-0.25, -0.2) is 0 Å². The maximum Gasteiger partial charge on any atom is 0.255 e. The van der Waals surface area contributed by atoms with Crippen LogP contribution in [0.2, 0.25) is 0 Å². The van der Waals surface area contributed by atoms with Crippen LogP contribution in [0.4, 0.5) is 11.5 Å². The Hall–Kier alpha value is -3.21. The van der Waals surface area contributed by atoms with Gasteiger partial charge in [0, 0.05) is 29.9 Å². The van der Waals surface area contributed by atoms with Crippen molar-refractivity contribution in [2.75, 3.05) is 23.3 Å². The predicted octanol–water partition coefficient (Wildman–Crippen LogP) is 5.68. The topological polar surface area (TPSA) is 58.1 Å². The molecule has 0 atom stereocenters. The minimum atomic E-state index is -0.121. The normalized spacial score (nSPS) is 14.4. The lowest BCUT2D eigenvalue weighted by Crippen LogP contribution is -2.30. The summed E-state index contributed by atoms with van der Waals surface area (Å²) in [7, 11) is 0. The highest BCUT2D eigenvalue weighted by molar-refractivity contribution is 6.04. The number of anilines is 2. The molecule has 0 spiro atoms. The van der Waals surface area contributed by atoms with Crippen molar-refractivity contribution in [3.63, 3.8) is 0 Å². The van der Waals surface area contributed by atoms with Crippen molar-refractivity contribution >= 4 is 17.4 Å². The van der Waals surface area contributed by atoms with Crippen LogP contribution >= 0.6 is 0 Å². The molecular weight excluding hydrogens is 384 g/mol. The number of piperidine rings is 1. The molecule has 1 aliphatic heterocycles. The van der Waals surface area contributed by atoms with Crippen LogP contribution in [0.25, 0.3) is 11.3 Å². The number of nitrogens with one attached hydrogen (secondary N) is 1. The summed E-state index contributed by atoms with van der Waals surface area (Å²) in [4.78, 5) is 15.0. The summed E-state index contributed by atoms with van der Waals surface area (Å²) in [5.41, 5.74) is 4.38. The number of hydrogen-bond acceptors (Lipinski definition) is 4. The van der Waals surface area contributed by atoms with Gasteiger partial charge in [0.25, 0.3) is 5.91 Å². The minimum absolute atomic E-state index is 0.0634. The van der Waals surface area contributed by atoms with Crippen molar-refractivity contribution in [3.8, 4) is 11.3 Å². The summed E-state index contributed by atoms with van der Waals surface area (Å²) in [6.07, 6.45) is 3.72. The molecule has 1 saturated heterocycles. The lowest BCUT2D eigenvalue weighted by atomic mass is 9.87. The van der Waals surface area contributed by atoms with E-state index < -0.39 is 0 Å². The van der Waals surface area contributed by atoms with Crippen LogP contribution in [0.1, 0.15) is 56.0 Å². The lowest BCUT2D eigenvalue weighted by molar-refractivity contribution is 0.102. The van der Waals surface area contributed by atoms with Gasteiger partial charge in [0.2, 0.25) is 0 Å². The van der Waals surface area contributed by atoms with Crippen LogP contribution < -0.4 is 10.2 Å². The number of aromatic nitrogens is 2. The smallest absolute Gasteiger partial charge is 0.255 e. The quantitative estimate of drug-likeness (QED) is 0.596. The molecule has 0 unspecified atom stereocenters. The van der Waals surface area contributed by atoms with Gasteiger partial charge < -0.3 is 10.2 Å². The number of nitrogens with zero attached hydrogens (tertiary/aromatic N) is 3. The number of benzene rings is 2. The van der Waals surface area contributed by atoms with Gasteiger partial charge in [-0.05, 0) is 66.6 Å². The largest absolute Gasteiger partial charge is 0.355 e. The Kier molecular flexibility index (Phi) is 6.03. The van der Waals surface area contributed by atoms with E-state index in [0.717, 1.165) is 35.9 Å². The standard InChI is InChI=1S/C26H30N4O/c1-26(2,3)21-12-10-19(11-13-21)25(31)27-22-9-7-8-20(18-22)23-14-15-24(29-28-23)30-16-5-4-6-17-30/h7-15,18H,4-6,16-17H2,1-3H3,(H,27,31). The molecule has 160 valence electrons. The average Bonchev–Trinajstić information content (AvgIpc) is 2.79. The second kappa shape index (κ2) is 8.88. The third-order valence-corrected chi connectivity index (χ3v) is 5.76. The SMILES string of the molecule is CC(C)(C)c1ccc(C(=O)Nc2cccc(-c3ccc(N4CCCCC4)nn3)c2)cc1. The second-order valence-corrected chi connectivity index (χ2v) is 9.19. The fraction of sp³-hybridized carbons (Fsp3) is 0.346. The maximum absolute atomic E-state index is 12.7. The summed E-state index contributed by atoms with van der Waals surface area (Å²) >= 11 is 0. The van der Waals surface area contributed by atoms with Crippen molar-refractivity contribution < 1.29 is 4.79 Å². The fourth-order valence-electron chi connectivity index (χ4n) is 3.85. The van der Waals surface area contributed by atoms with E-state index in [4.69, 9.17) is 0 Å². The van der Waals surface area contributed by atoms with Crippen LogP contribution in [0.5, 0.6) is 0 Å². The van der Waals surface area contributed by atoms with E-state index in [1.54, 1.807) is 0 Å². The molecule has 1 aliphatic rings. The third-order valence-electron chi connectivity index (χ3n) is 5.76. The molecule has 0 aliphatic carbocycles. The fourth-order valence-corrected chi connectivity index (χ4v) is 3.85. The Bertz CT molecular complexity index is 1030. The Labute approximate surface area is 184 Å². The Morgan fingerprint density at radius 1 is 0.903 bits per heavy atom. The lowest BCUT2D eigenvalue weighted by Gasteiger charge is -2.27. The molecule has 0 saturated carbocycles. The Morgan fingerprint density at radius 2 is 1.65 bits per heavy atom. The van der Waals surface area contributed by atoms with Gasteiger partial charge in [0.05, 0.1) is 5.69 Å². The zero-order chi connectivity index (χ0) is 21.8. The first kappa shape index (κ1) is 21.0. The molecule has 2 aromatic carbocycles. The van der Waals surface area contributed by atoms with Gasteiger partial charge in [-0.1, -0.05) is 45.0 Å². The van der Waals surface area contributed by atoms with Crippen LogP contribution in [0, 0.1) is 0 Å². The number of amides is 1. The highest BCUT2D eigenvalue weighted by atomic mass is 16.1. The van der Waals surface area contributed by atoms with Crippen molar-refractivity contribution in [1.82, 2.24) is 10.2 Å². The zero-order valence-electron chi connectivity index (χ0n) is 18.6. The van der Waals surface area contributed by atoms with Crippen molar-refractivity contribution in [2.24, 2.45) is 0 Å². The summed E-state index contributed by atoms with van der Waals surface area (Å²) < 4.78 is 0. The van der Waals surface area contributed by atoms with E-state index in [0.29, 0.717) is 5.56 Å². The molecule has 0 bridgehead atoms. The van der Waals surface area contributed by atoms with Gasteiger partial charge in [0.15, 0.2) is 5.82 Å². The summed E-state index contributed by atoms with van der Waals surface area (Å²) in [6.45, 7) is 8.58. The van der Waals surface area contributed by atoms with Crippen molar-refractivity contribution in [1.29, 1.82) is 0 Å². The first-order valence-corrected chi connectivity index (χ1v) is 11.0. The van der Waals surface area contributed by atoms with Gasteiger partial charge in [-0.15, -0.1) is 10.2 Å². The first-order chi connectivity index (χ1) is 14.9. The van der Waals surface area contributed by atoms with Crippen LogP contribution in [-0.2, 0) is 5.41 Å². The summed E-state index contributed by atoms with van der Waals surface area (Å²) in [6, 6.07) is 19.6. The first-order valence-electron chi connectivity index (χ1n) is 11.0. The molecule has 31 heavy (non-hydrogen) atoms. The molecule has 0 radical (unpaired) electrons. The zero-order valence-corrected chi connectivity index (χ0v) is 18.6. The summed E-state index contributed by atoms with van der Waals surface area (Å²) in [5, 5.41) is 11.9. The van der Waals surface area contributed by atoms with E-state index in [9.17, 15) is 4.79 Å². The second-order valence-electron chi connectivity index (χ2n) is 9.19. The van der Waals surface area contributed by atoms with Crippen LogP contribution in [0.3, 0.4) is 0 Å². The maximum atomic E-state index is 12.7. The van der Waals surface area contributed by atoms with Gasteiger partial charge in [0.1, 0.15) is 0 Å². The van der Waals surface area contributed by atoms with E-state index in [-0.39, 0.29) is 11.3 Å². The van der Waals surface area contributed by atoms with Gasteiger partial charge in [-0.2, -0.15) is 0 Å². The predicted molar refractivity (Wildman–Crippen MR) is 127 cm³/mol. The monoisotopic (exact) mass is 414 g/mol. The molecule has 2 heterocycles. The van der Waals surface area contributed by atoms with Crippen LogP contribution in [-0.4, -0.2) is 29.2 Å². The molecule has 1 N–H and O–H groups in total. The van der Waals surface area contributed by atoms with E-state index in [1.165, 1.54) is 24.8 Å². The number of carbonyl (C=O) groups excluding carboxylic acids is 1. The molecule has 5 heteroatoms. The number of hydrogen-bond donors (Lipinski definition) is 1. The van der Waals surface area contributed by atoms with E-state index in [1.807, 2.05) is 60.7 Å². The van der Waals surface area contributed by atoms with Crippen LogP contribution in [0.15, 0.2) is 60.7 Å². The van der Waals surface area contributed by atoms with Crippen molar-refractivity contribution in [2.45, 2.75) is 45.4 Å². The Morgan fingerprint density at radius 3 is 2.29 bits per heavy atom. The molecule has 3 aromatic rings. The molecule has 1 aromatic heterocycles. The van der Waals surface area contributed by atoms with E-state index >= 15 is 0 Å². The molecule has 1 amide bonds. The minimum Gasteiger partial charge on any atom is -0.355 e. The number of rotatable bonds is 4. The molecule has 4 rings (SSSR count). The van der Waals surface area contributed by atoms with Gasteiger partial charge in [-0.3, -0.25) is 4.79 Å². The van der Waals surface area contributed by atoms with Crippen molar-refractivity contribution in [3.05, 3.63) is 71.8 Å². The Balaban J connectivity index is 1.46. The highest BCUT2D eigenvalue weighted by Crippen LogP contribution is 2.25. The average molecular weight is 415 g/mol. The van der Waals surface area contributed by atoms with E-state index in [2.05, 4.69) is 41.2 Å². The molecule has 1 fully saturated rings. The third kappa shape index (κ3) is 5.10. The molecule has 5 nitrogen and oxygen atoms in total. The highest BCUT2D eigenvalue weighted by Gasteiger charge is 2.15. The van der Waals surface area contributed by atoms with Gasteiger partial charge >= 0.3 is 0 Å². The molecular formula is C26H30N4O. The summed E-state index contributed by atoms with van der Waals surface area (Å²) in [5.74, 6) is 0.816. The number of carbonyl (C=O) groups is 1.